The third-order valence-electron chi connectivity index (χ3n) is 5.07. The lowest BCUT2D eigenvalue weighted by Crippen LogP contribution is -2.25. The summed E-state index contributed by atoms with van der Waals surface area (Å²) >= 11 is 0. The predicted molar refractivity (Wildman–Crippen MR) is 128 cm³/mol. The number of sulfonamides is 1. The van der Waals surface area contributed by atoms with E-state index in [1.807, 2.05) is 0 Å². The monoisotopic (exact) mass is 479 g/mol. The van der Waals surface area contributed by atoms with Gasteiger partial charge in [0.25, 0.3) is 15.9 Å². The van der Waals surface area contributed by atoms with Crippen LogP contribution in [0.2, 0.25) is 0 Å². The maximum atomic E-state index is 13.1. The Hall–Kier alpha value is -3.98. The number of carbonyl (C=O) groups excluding carboxylic acids is 2. The molecule has 0 aliphatic heterocycles. The topological polar surface area (TPSA) is 104 Å². The summed E-state index contributed by atoms with van der Waals surface area (Å²) in [5.41, 5.74) is 1.70. The molecule has 174 valence electrons. The third kappa shape index (κ3) is 6.08. The van der Waals surface area contributed by atoms with Crippen LogP contribution < -0.4 is 15.4 Å². The first-order valence-electron chi connectivity index (χ1n) is 10.6. The fraction of sp³-hybridized carbons (Fsp3) is 0.120. The molecule has 3 N–H and O–H groups in total. The summed E-state index contributed by atoms with van der Waals surface area (Å²) in [4.78, 5) is 24.4. The van der Waals surface area contributed by atoms with E-state index in [-0.39, 0.29) is 28.2 Å². The summed E-state index contributed by atoms with van der Waals surface area (Å²) in [6, 6.07) is 17.9. The predicted octanol–water partition coefficient (Wildman–Crippen LogP) is 4.17. The van der Waals surface area contributed by atoms with Gasteiger partial charge >= 0.3 is 0 Å². The van der Waals surface area contributed by atoms with Crippen molar-refractivity contribution in [3.63, 3.8) is 0 Å². The van der Waals surface area contributed by atoms with Crippen LogP contribution in [0.1, 0.15) is 28.8 Å². The van der Waals surface area contributed by atoms with Crippen LogP contribution in [-0.2, 0) is 14.8 Å². The summed E-state index contributed by atoms with van der Waals surface area (Å²) < 4.78 is 40.8. The van der Waals surface area contributed by atoms with Crippen molar-refractivity contribution in [2.24, 2.45) is 0 Å². The quantitative estimate of drug-likeness (QED) is 0.422. The van der Waals surface area contributed by atoms with Crippen LogP contribution >= 0.6 is 0 Å². The highest BCUT2D eigenvalue weighted by molar-refractivity contribution is 7.92. The molecule has 0 unspecified atom stereocenters. The molecule has 34 heavy (non-hydrogen) atoms. The number of carbonyl (C=O) groups is 2. The highest BCUT2D eigenvalue weighted by Crippen LogP contribution is 2.25. The van der Waals surface area contributed by atoms with Gasteiger partial charge in [0.2, 0.25) is 5.91 Å². The Balaban J connectivity index is 1.41. The summed E-state index contributed by atoms with van der Waals surface area (Å²) in [6.45, 7) is 0. The Labute approximate surface area is 196 Å². The number of nitrogens with one attached hydrogen (secondary N) is 3. The molecule has 1 aliphatic carbocycles. The van der Waals surface area contributed by atoms with Crippen LogP contribution in [0.15, 0.2) is 83.8 Å². The third-order valence-corrected chi connectivity index (χ3v) is 6.45. The number of hydrogen-bond donors (Lipinski definition) is 3. The summed E-state index contributed by atoms with van der Waals surface area (Å²) in [6.07, 6.45) is 4.92. The van der Waals surface area contributed by atoms with Gasteiger partial charge in [-0.1, -0.05) is 24.3 Å². The molecule has 3 aromatic carbocycles. The Bertz CT molecular complexity index is 1330. The molecule has 7 nitrogen and oxygen atoms in total. The molecular formula is C25H22FN3O4S. The Morgan fingerprint density at radius 3 is 2.18 bits per heavy atom. The Morgan fingerprint density at radius 1 is 0.882 bits per heavy atom. The molecule has 2 amide bonds. The first-order valence-corrected chi connectivity index (χ1v) is 12.1. The average molecular weight is 480 g/mol. The lowest BCUT2D eigenvalue weighted by Gasteiger charge is -2.13. The number of anilines is 2. The van der Waals surface area contributed by atoms with Crippen molar-refractivity contribution in [2.45, 2.75) is 23.8 Å². The smallest absolute Gasteiger partial charge is 0.261 e. The molecule has 0 aromatic heterocycles. The largest absolute Gasteiger partial charge is 0.349 e. The molecule has 0 radical (unpaired) electrons. The molecule has 1 saturated carbocycles. The van der Waals surface area contributed by atoms with Crippen LogP contribution in [-0.4, -0.2) is 26.3 Å². The van der Waals surface area contributed by atoms with Crippen molar-refractivity contribution in [3.8, 4) is 0 Å². The van der Waals surface area contributed by atoms with Gasteiger partial charge in [-0.05, 0) is 73.0 Å². The minimum absolute atomic E-state index is 0.107. The van der Waals surface area contributed by atoms with Gasteiger partial charge in [0.15, 0.2) is 0 Å². The van der Waals surface area contributed by atoms with Crippen LogP contribution in [0.25, 0.3) is 6.08 Å². The zero-order chi connectivity index (χ0) is 24.1. The van der Waals surface area contributed by atoms with Crippen molar-refractivity contribution in [3.05, 3.63) is 95.8 Å². The van der Waals surface area contributed by atoms with Gasteiger partial charge in [0, 0.05) is 17.7 Å². The SMILES string of the molecule is O=C(C=Cc1ccc(C(=O)NC2CC2)cc1)Nc1ccccc1NS(=O)(=O)c1ccc(F)cc1. The van der Waals surface area contributed by atoms with E-state index in [2.05, 4.69) is 15.4 Å². The molecule has 1 aliphatic rings. The molecule has 1 fully saturated rings. The van der Waals surface area contributed by atoms with Crippen molar-refractivity contribution >= 4 is 39.3 Å². The molecule has 0 heterocycles. The zero-order valence-corrected chi connectivity index (χ0v) is 18.8. The minimum Gasteiger partial charge on any atom is -0.349 e. The van der Waals surface area contributed by atoms with E-state index in [0.29, 0.717) is 5.56 Å². The molecular weight excluding hydrogens is 457 g/mol. The summed E-state index contributed by atoms with van der Waals surface area (Å²) in [7, 11) is -3.98. The Morgan fingerprint density at radius 2 is 1.53 bits per heavy atom. The maximum Gasteiger partial charge on any atom is 0.261 e. The summed E-state index contributed by atoms with van der Waals surface area (Å²) in [5.74, 6) is -1.13. The second-order valence-corrected chi connectivity index (χ2v) is 9.48. The van der Waals surface area contributed by atoms with Crippen LogP contribution in [0.4, 0.5) is 15.8 Å². The van der Waals surface area contributed by atoms with Gasteiger partial charge in [-0.15, -0.1) is 0 Å². The van der Waals surface area contributed by atoms with Crippen molar-refractivity contribution in [1.29, 1.82) is 0 Å². The Kier molecular flexibility index (Phi) is 6.74. The lowest BCUT2D eigenvalue weighted by molar-refractivity contribution is -0.111. The minimum atomic E-state index is -3.98. The maximum absolute atomic E-state index is 13.1. The van der Waals surface area contributed by atoms with Crippen molar-refractivity contribution in [1.82, 2.24) is 5.32 Å². The molecule has 0 saturated heterocycles. The highest BCUT2D eigenvalue weighted by Gasteiger charge is 2.23. The van der Waals surface area contributed by atoms with E-state index in [9.17, 15) is 22.4 Å². The second kappa shape index (κ2) is 9.88. The molecule has 0 spiro atoms. The van der Waals surface area contributed by atoms with E-state index in [4.69, 9.17) is 0 Å². The average Bonchev–Trinajstić information content (AvgIpc) is 3.63. The first-order chi connectivity index (χ1) is 16.3. The van der Waals surface area contributed by atoms with Gasteiger partial charge in [0.05, 0.1) is 16.3 Å². The molecule has 4 rings (SSSR count). The number of hydrogen-bond acceptors (Lipinski definition) is 4. The van der Waals surface area contributed by atoms with Gasteiger partial charge in [-0.3, -0.25) is 14.3 Å². The molecule has 0 atom stereocenters. The molecule has 0 bridgehead atoms. The van der Waals surface area contributed by atoms with Gasteiger partial charge in [0.1, 0.15) is 5.82 Å². The van der Waals surface area contributed by atoms with Crippen molar-refractivity contribution < 1.29 is 22.4 Å². The second-order valence-electron chi connectivity index (χ2n) is 7.80. The van der Waals surface area contributed by atoms with E-state index >= 15 is 0 Å². The number of para-hydroxylation sites is 2. The van der Waals surface area contributed by atoms with Crippen LogP contribution in [0.3, 0.4) is 0 Å². The van der Waals surface area contributed by atoms with Gasteiger partial charge < -0.3 is 10.6 Å². The fourth-order valence-corrected chi connectivity index (χ4v) is 4.17. The van der Waals surface area contributed by atoms with Crippen LogP contribution in [0, 0.1) is 5.82 Å². The van der Waals surface area contributed by atoms with E-state index in [1.165, 1.54) is 12.1 Å². The van der Waals surface area contributed by atoms with Gasteiger partial charge in [-0.2, -0.15) is 0 Å². The lowest BCUT2D eigenvalue weighted by atomic mass is 10.1. The standard InChI is InChI=1S/C25H22FN3O4S/c26-19-10-14-21(15-11-19)34(32,33)29-23-4-2-1-3-22(23)28-24(30)16-7-17-5-8-18(9-6-17)25(31)27-20-12-13-20/h1-11,14-16,20,29H,12-13H2,(H,27,31)(H,28,30). The van der Waals surface area contributed by atoms with Crippen LogP contribution in [0.5, 0.6) is 0 Å². The number of rotatable bonds is 8. The van der Waals surface area contributed by atoms with E-state index in [1.54, 1.807) is 48.5 Å². The zero-order valence-electron chi connectivity index (χ0n) is 18.0. The highest BCUT2D eigenvalue weighted by atomic mass is 32.2. The fourth-order valence-electron chi connectivity index (χ4n) is 3.09. The summed E-state index contributed by atoms with van der Waals surface area (Å²) in [5, 5.41) is 5.56. The van der Waals surface area contributed by atoms with E-state index in [0.717, 1.165) is 42.7 Å². The molecule has 3 aromatic rings. The number of benzene rings is 3. The van der Waals surface area contributed by atoms with Crippen molar-refractivity contribution in [2.75, 3.05) is 10.0 Å². The molecule has 9 heteroatoms. The number of halogens is 1. The normalized spacial score (nSPS) is 13.4. The van der Waals surface area contributed by atoms with Gasteiger partial charge in [-0.25, -0.2) is 12.8 Å². The van der Waals surface area contributed by atoms with E-state index < -0.39 is 21.7 Å². The first kappa shape index (κ1) is 23.2. The number of amides is 2.